The lowest BCUT2D eigenvalue weighted by molar-refractivity contribution is -0.122. The minimum Gasteiger partial charge on any atom is -0.355 e. The Labute approximate surface area is 96.2 Å². The summed E-state index contributed by atoms with van der Waals surface area (Å²) in [5, 5.41) is 5.87. The Hall–Kier alpha value is -0.660. The van der Waals surface area contributed by atoms with E-state index in [4.69, 9.17) is 0 Å². The number of carbonyl (C=O) groups excluding carboxylic acids is 1. The maximum absolute atomic E-state index is 11.5. The van der Waals surface area contributed by atoms with Crippen molar-refractivity contribution in [3.05, 3.63) is 0 Å². The van der Waals surface area contributed by atoms with Gasteiger partial charge >= 0.3 is 0 Å². The zero-order valence-electron chi connectivity index (χ0n) is 9.45. The van der Waals surface area contributed by atoms with Crippen LogP contribution in [0.25, 0.3) is 0 Å². The van der Waals surface area contributed by atoms with Crippen LogP contribution in [0.1, 0.15) is 19.3 Å². The van der Waals surface area contributed by atoms with Crippen molar-refractivity contribution in [3.63, 3.8) is 0 Å². The van der Waals surface area contributed by atoms with Crippen LogP contribution in [0.2, 0.25) is 0 Å². The Morgan fingerprint density at radius 1 is 1.44 bits per heavy atom. The molecule has 0 aliphatic carbocycles. The van der Waals surface area contributed by atoms with E-state index in [1.54, 1.807) is 0 Å². The van der Waals surface area contributed by atoms with E-state index in [1.807, 2.05) is 0 Å². The van der Waals surface area contributed by atoms with E-state index in [1.165, 1.54) is 0 Å². The lowest BCUT2D eigenvalue weighted by Gasteiger charge is -2.10. The van der Waals surface area contributed by atoms with Crippen molar-refractivity contribution in [2.24, 2.45) is 0 Å². The van der Waals surface area contributed by atoms with E-state index < -0.39 is 10.0 Å². The van der Waals surface area contributed by atoms with E-state index in [9.17, 15) is 13.2 Å². The second kappa shape index (κ2) is 6.17. The van der Waals surface area contributed by atoms with Crippen LogP contribution in [0.3, 0.4) is 0 Å². The highest BCUT2D eigenvalue weighted by molar-refractivity contribution is 7.88. The lowest BCUT2D eigenvalue weighted by atomic mass is 10.2. The van der Waals surface area contributed by atoms with Crippen molar-refractivity contribution in [2.45, 2.75) is 25.3 Å². The number of amides is 1. The van der Waals surface area contributed by atoms with Gasteiger partial charge < -0.3 is 10.6 Å². The zero-order valence-corrected chi connectivity index (χ0v) is 10.3. The highest BCUT2D eigenvalue weighted by Crippen LogP contribution is 2.04. The van der Waals surface area contributed by atoms with Crippen molar-refractivity contribution < 1.29 is 13.2 Å². The molecule has 1 rings (SSSR count). The molecule has 1 heterocycles. The van der Waals surface area contributed by atoms with Crippen LogP contribution in [0.15, 0.2) is 0 Å². The quantitative estimate of drug-likeness (QED) is 0.516. The summed E-state index contributed by atoms with van der Waals surface area (Å²) in [6.07, 6.45) is 3.64. The topological polar surface area (TPSA) is 87.3 Å². The van der Waals surface area contributed by atoms with Crippen molar-refractivity contribution in [1.29, 1.82) is 0 Å². The standard InChI is InChI=1S/C9H19N3O3S/c1-16(14,15)12-7-3-6-11-9(13)8-4-2-5-10-8/h8,10,12H,2-7H2,1H3,(H,11,13). The average Bonchev–Trinajstić information content (AvgIpc) is 2.67. The molecule has 1 aliphatic heterocycles. The molecule has 0 saturated carbocycles. The molecule has 1 fully saturated rings. The van der Waals surface area contributed by atoms with E-state index in [-0.39, 0.29) is 11.9 Å². The van der Waals surface area contributed by atoms with Gasteiger partial charge in [0.15, 0.2) is 0 Å². The maximum atomic E-state index is 11.5. The first-order valence-electron chi connectivity index (χ1n) is 5.45. The van der Waals surface area contributed by atoms with Gasteiger partial charge in [0.2, 0.25) is 15.9 Å². The molecule has 0 aromatic rings. The Bertz CT molecular complexity index is 323. The summed E-state index contributed by atoms with van der Waals surface area (Å²) in [4.78, 5) is 11.5. The first-order valence-corrected chi connectivity index (χ1v) is 7.34. The van der Waals surface area contributed by atoms with Gasteiger partial charge in [-0.25, -0.2) is 13.1 Å². The fourth-order valence-corrected chi connectivity index (χ4v) is 2.10. The molecule has 0 aromatic heterocycles. The number of hydrogen-bond donors (Lipinski definition) is 3. The number of nitrogens with one attached hydrogen (secondary N) is 3. The van der Waals surface area contributed by atoms with Gasteiger partial charge in [0.1, 0.15) is 0 Å². The highest BCUT2D eigenvalue weighted by Gasteiger charge is 2.20. The second-order valence-electron chi connectivity index (χ2n) is 3.96. The SMILES string of the molecule is CS(=O)(=O)NCCCNC(=O)C1CCCN1. The minimum absolute atomic E-state index is 0.0110. The molecule has 0 radical (unpaired) electrons. The third-order valence-corrected chi connectivity index (χ3v) is 3.12. The van der Waals surface area contributed by atoms with Gasteiger partial charge in [0.05, 0.1) is 12.3 Å². The third-order valence-electron chi connectivity index (χ3n) is 2.39. The summed E-state index contributed by atoms with van der Waals surface area (Å²) in [6, 6.07) is -0.0668. The predicted octanol–water partition coefficient (Wildman–Crippen LogP) is -1.21. The fourth-order valence-electron chi connectivity index (χ4n) is 1.59. The largest absolute Gasteiger partial charge is 0.355 e. The van der Waals surface area contributed by atoms with Crippen molar-refractivity contribution in [1.82, 2.24) is 15.4 Å². The Balaban J connectivity index is 2.04. The van der Waals surface area contributed by atoms with Crippen LogP contribution in [0.5, 0.6) is 0 Å². The van der Waals surface area contributed by atoms with Crippen molar-refractivity contribution >= 4 is 15.9 Å². The fraction of sp³-hybridized carbons (Fsp3) is 0.889. The van der Waals surface area contributed by atoms with Crippen molar-refractivity contribution in [2.75, 3.05) is 25.9 Å². The molecule has 16 heavy (non-hydrogen) atoms. The molecule has 0 bridgehead atoms. The van der Waals surface area contributed by atoms with Gasteiger partial charge in [-0.15, -0.1) is 0 Å². The molecule has 1 amide bonds. The minimum atomic E-state index is -3.12. The van der Waals surface area contributed by atoms with Crippen molar-refractivity contribution in [3.8, 4) is 0 Å². The van der Waals surface area contributed by atoms with E-state index >= 15 is 0 Å². The average molecular weight is 249 g/mol. The number of sulfonamides is 1. The van der Waals surface area contributed by atoms with E-state index in [0.717, 1.165) is 25.6 Å². The smallest absolute Gasteiger partial charge is 0.237 e. The van der Waals surface area contributed by atoms with Crippen LogP contribution >= 0.6 is 0 Å². The molecular weight excluding hydrogens is 230 g/mol. The zero-order chi connectivity index (χ0) is 12.0. The lowest BCUT2D eigenvalue weighted by Crippen LogP contribution is -2.41. The molecule has 0 spiro atoms. The van der Waals surface area contributed by atoms with Gasteiger partial charge in [0.25, 0.3) is 0 Å². The van der Waals surface area contributed by atoms with Crippen LogP contribution in [-0.4, -0.2) is 46.3 Å². The summed E-state index contributed by atoms with van der Waals surface area (Å²) in [5.41, 5.74) is 0. The summed E-state index contributed by atoms with van der Waals surface area (Å²) in [5.74, 6) is 0.0110. The molecule has 7 heteroatoms. The summed E-state index contributed by atoms with van der Waals surface area (Å²) >= 11 is 0. The highest BCUT2D eigenvalue weighted by atomic mass is 32.2. The predicted molar refractivity (Wildman–Crippen MR) is 61.5 cm³/mol. The monoisotopic (exact) mass is 249 g/mol. The Morgan fingerprint density at radius 3 is 2.75 bits per heavy atom. The van der Waals surface area contributed by atoms with E-state index in [0.29, 0.717) is 19.5 Å². The number of hydrogen-bond acceptors (Lipinski definition) is 4. The van der Waals surface area contributed by atoms with Crippen LogP contribution in [0.4, 0.5) is 0 Å². The Morgan fingerprint density at radius 2 is 2.19 bits per heavy atom. The van der Waals surface area contributed by atoms with Gasteiger partial charge in [-0.2, -0.15) is 0 Å². The maximum Gasteiger partial charge on any atom is 0.237 e. The molecule has 94 valence electrons. The van der Waals surface area contributed by atoms with Crippen LogP contribution < -0.4 is 15.4 Å². The normalized spacial score (nSPS) is 20.9. The third kappa shape index (κ3) is 5.43. The Kier molecular flexibility index (Phi) is 5.17. The van der Waals surface area contributed by atoms with Gasteiger partial charge in [-0.3, -0.25) is 4.79 Å². The molecule has 1 aliphatic rings. The van der Waals surface area contributed by atoms with Crippen LogP contribution in [-0.2, 0) is 14.8 Å². The summed E-state index contributed by atoms with van der Waals surface area (Å²) < 4.78 is 23.8. The molecule has 1 unspecified atom stereocenters. The first-order chi connectivity index (χ1) is 7.49. The van der Waals surface area contributed by atoms with Gasteiger partial charge in [0, 0.05) is 13.1 Å². The van der Waals surface area contributed by atoms with Gasteiger partial charge in [-0.05, 0) is 25.8 Å². The van der Waals surface area contributed by atoms with Crippen LogP contribution in [0, 0.1) is 0 Å². The van der Waals surface area contributed by atoms with E-state index in [2.05, 4.69) is 15.4 Å². The number of rotatable bonds is 6. The first kappa shape index (κ1) is 13.4. The summed E-state index contributed by atoms with van der Waals surface area (Å²) in [6.45, 7) is 1.75. The molecule has 6 nitrogen and oxygen atoms in total. The molecule has 1 atom stereocenters. The molecule has 1 saturated heterocycles. The second-order valence-corrected chi connectivity index (χ2v) is 5.79. The molecule has 3 N–H and O–H groups in total. The summed E-state index contributed by atoms with van der Waals surface area (Å²) in [7, 11) is -3.12. The number of carbonyl (C=O) groups is 1. The molecular formula is C9H19N3O3S. The molecule has 0 aromatic carbocycles. The van der Waals surface area contributed by atoms with Gasteiger partial charge in [-0.1, -0.05) is 0 Å².